The summed E-state index contributed by atoms with van der Waals surface area (Å²) in [5, 5.41) is 8.26. The number of hydrogen-bond acceptors (Lipinski definition) is 3. The molecule has 0 aliphatic carbocycles. The van der Waals surface area contributed by atoms with Crippen molar-refractivity contribution in [2.75, 3.05) is 0 Å². The van der Waals surface area contributed by atoms with Gasteiger partial charge in [-0.2, -0.15) is 13.7 Å². The van der Waals surface area contributed by atoms with Gasteiger partial charge in [-0.25, -0.2) is 0 Å². The van der Waals surface area contributed by atoms with Crippen molar-refractivity contribution in [3.8, 4) is 6.07 Å². The van der Waals surface area contributed by atoms with E-state index in [4.69, 9.17) is 9.81 Å². The van der Waals surface area contributed by atoms with Gasteiger partial charge < -0.3 is 0 Å². The smallest absolute Gasteiger partial charge is 0.282 e. The molecular weight excluding hydrogens is 226 g/mol. The largest absolute Gasteiger partial charge is 0.287 e. The maximum Gasteiger partial charge on any atom is 0.287 e. The number of nitrogens with zero attached hydrogens (tertiary/aromatic N) is 1. The molecule has 84 valence electrons. The van der Waals surface area contributed by atoms with Gasteiger partial charge in [-0.1, -0.05) is 36.9 Å². The zero-order valence-electron chi connectivity index (χ0n) is 8.45. The fourth-order valence-electron chi connectivity index (χ4n) is 0.729. The standard InChI is InChI=1S/C8H8O3S.C3H3N/c9-12(10,11)7-6-8-4-2-1-3-5-8;1-2-3-4/h1-7H,(H,9,10,11);2H,1H2. The first kappa shape index (κ1) is 14.1. The van der Waals surface area contributed by atoms with Gasteiger partial charge in [-0.15, -0.1) is 0 Å². The number of benzene rings is 1. The molecule has 0 atom stereocenters. The fourth-order valence-corrected chi connectivity index (χ4v) is 1.06. The molecule has 1 aromatic carbocycles. The molecule has 0 bridgehead atoms. The highest BCUT2D eigenvalue weighted by Gasteiger charge is 1.94. The Morgan fingerprint density at radius 2 is 1.81 bits per heavy atom. The topological polar surface area (TPSA) is 78.2 Å². The highest BCUT2D eigenvalue weighted by atomic mass is 32.2. The lowest BCUT2D eigenvalue weighted by Gasteiger charge is -1.89. The van der Waals surface area contributed by atoms with Crippen LogP contribution in [0, 0.1) is 11.3 Å². The van der Waals surface area contributed by atoms with E-state index in [9.17, 15) is 8.42 Å². The summed E-state index contributed by atoms with van der Waals surface area (Å²) >= 11 is 0. The molecule has 0 saturated carbocycles. The molecule has 0 saturated heterocycles. The van der Waals surface area contributed by atoms with Crippen LogP contribution in [0.4, 0.5) is 0 Å². The number of allylic oxidation sites excluding steroid dienone is 1. The van der Waals surface area contributed by atoms with Crippen molar-refractivity contribution in [2.24, 2.45) is 0 Å². The van der Waals surface area contributed by atoms with Crippen LogP contribution in [0.5, 0.6) is 0 Å². The molecular formula is C11H11NO3S. The summed E-state index contributed by atoms with van der Waals surface area (Å²) in [6.07, 6.45) is 2.51. The van der Waals surface area contributed by atoms with Crippen LogP contribution in [0.25, 0.3) is 6.08 Å². The second-order valence-electron chi connectivity index (χ2n) is 2.56. The molecule has 1 N–H and O–H groups in total. The van der Waals surface area contributed by atoms with E-state index in [-0.39, 0.29) is 0 Å². The van der Waals surface area contributed by atoms with Crippen molar-refractivity contribution in [1.29, 1.82) is 5.26 Å². The first-order valence-corrected chi connectivity index (χ1v) is 5.71. The third-order valence-electron chi connectivity index (χ3n) is 1.32. The van der Waals surface area contributed by atoms with Gasteiger partial charge in [-0.3, -0.25) is 4.55 Å². The van der Waals surface area contributed by atoms with Gasteiger partial charge >= 0.3 is 0 Å². The van der Waals surface area contributed by atoms with Crippen LogP contribution >= 0.6 is 0 Å². The summed E-state index contributed by atoms with van der Waals surface area (Å²) in [6.45, 7) is 3.12. The Kier molecular flexibility index (Phi) is 6.52. The number of rotatable bonds is 2. The molecule has 0 fully saturated rings. The van der Waals surface area contributed by atoms with E-state index >= 15 is 0 Å². The van der Waals surface area contributed by atoms with Gasteiger partial charge in [0.05, 0.1) is 11.5 Å². The summed E-state index contributed by atoms with van der Waals surface area (Å²) in [4.78, 5) is 0. The molecule has 0 aliphatic rings. The molecule has 16 heavy (non-hydrogen) atoms. The maximum atomic E-state index is 10.3. The molecule has 1 aromatic rings. The average molecular weight is 237 g/mol. The Hall–Kier alpha value is -1.90. The summed E-state index contributed by atoms with van der Waals surface area (Å²) < 4.78 is 28.9. The molecule has 1 rings (SSSR count). The van der Waals surface area contributed by atoms with E-state index in [0.717, 1.165) is 11.0 Å². The first-order chi connectivity index (χ1) is 7.49. The van der Waals surface area contributed by atoms with E-state index in [1.165, 1.54) is 12.2 Å². The van der Waals surface area contributed by atoms with Crippen LogP contribution in [0.15, 0.2) is 48.4 Å². The van der Waals surface area contributed by atoms with Gasteiger partial charge in [-0.05, 0) is 11.6 Å². The molecule has 5 heteroatoms. The first-order valence-electron chi connectivity index (χ1n) is 4.20. The zero-order chi connectivity index (χ0) is 12.4. The van der Waals surface area contributed by atoms with Gasteiger partial charge in [0, 0.05) is 6.08 Å². The lowest BCUT2D eigenvalue weighted by Crippen LogP contribution is -1.88. The van der Waals surface area contributed by atoms with E-state index < -0.39 is 10.1 Å². The van der Waals surface area contributed by atoms with Crippen molar-refractivity contribution >= 4 is 16.2 Å². The second kappa shape index (κ2) is 7.40. The Labute approximate surface area is 94.9 Å². The van der Waals surface area contributed by atoms with Crippen molar-refractivity contribution in [3.63, 3.8) is 0 Å². The summed E-state index contributed by atoms with van der Waals surface area (Å²) in [7, 11) is -4.00. The molecule has 0 spiro atoms. The number of nitriles is 1. The molecule has 0 aromatic heterocycles. The van der Waals surface area contributed by atoms with Gasteiger partial charge in [0.2, 0.25) is 0 Å². The SMILES string of the molecule is C=CC#N.O=S(=O)(O)C=Cc1ccccc1. The van der Waals surface area contributed by atoms with Crippen LogP contribution in [-0.4, -0.2) is 13.0 Å². The molecule has 0 aliphatic heterocycles. The lowest BCUT2D eigenvalue weighted by molar-refractivity contribution is 0.494. The minimum Gasteiger partial charge on any atom is -0.282 e. The van der Waals surface area contributed by atoms with Crippen molar-refractivity contribution < 1.29 is 13.0 Å². The van der Waals surface area contributed by atoms with Crippen LogP contribution in [0.1, 0.15) is 5.56 Å². The molecule has 0 unspecified atom stereocenters. The van der Waals surface area contributed by atoms with Crippen LogP contribution < -0.4 is 0 Å². The third-order valence-corrected chi connectivity index (χ3v) is 1.80. The fraction of sp³-hybridized carbons (Fsp3) is 0. The van der Waals surface area contributed by atoms with Crippen molar-refractivity contribution in [1.82, 2.24) is 0 Å². The highest BCUT2D eigenvalue weighted by molar-refractivity contribution is 7.88. The van der Waals surface area contributed by atoms with E-state index in [1.54, 1.807) is 30.3 Å². The normalized spacial score (nSPS) is 10.0. The summed E-state index contributed by atoms with van der Waals surface area (Å²) in [5.41, 5.74) is 0.732. The van der Waals surface area contributed by atoms with Crippen LogP contribution in [0.2, 0.25) is 0 Å². The maximum absolute atomic E-state index is 10.3. The highest BCUT2D eigenvalue weighted by Crippen LogP contribution is 2.01. The predicted octanol–water partition coefficient (Wildman–Crippen LogP) is 2.24. The van der Waals surface area contributed by atoms with E-state index in [0.29, 0.717) is 0 Å². The van der Waals surface area contributed by atoms with E-state index in [2.05, 4.69) is 6.58 Å². The van der Waals surface area contributed by atoms with Crippen LogP contribution in [0.3, 0.4) is 0 Å². The van der Waals surface area contributed by atoms with E-state index in [1.807, 2.05) is 6.07 Å². The zero-order valence-corrected chi connectivity index (χ0v) is 9.26. The molecule has 0 heterocycles. The monoisotopic (exact) mass is 237 g/mol. The Balaban J connectivity index is 0.000000487. The molecule has 0 amide bonds. The Morgan fingerprint density at radius 3 is 2.19 bits per heavy atom. The third kappa shape index (κ3) is 8.69. The van der Waals surface area contributed by atoms with Crippen molar-refractivity contribution in [3.05, 3.63) is 54.0 Å². The molecule has 4 nitrogen and oxygen atoms in total. The minimum absolute atomic E-state index is 0.732. The average Bonchev–Trinajstić information content (AvgIpc) is 2.27. The van der Waals surface area contributed by atoms with Crippen molar-refractivity contribution in [2.45, 2.75) is 0 Å². The number of hydrogen-bond donors (Lipinski definition) is 1. The van der Waals surface area contributed by atoms with Gasteiger partial charge in [0.15, 0.2) is 0 Å². The van der Waals surface area contributed by atoms with Gasteiger partial charge in [0.25, 0.3) is 10.1 Å². The van der Waals surface area contributed by atoms with Crippen LogP contribution in [-0.2, 0) is 10.1 Å². The van der Waals surface area contributed by atoms with Gasteiger partial charge in [0.1, 0.15) is 0 Å². The lowest BCUT2D eigenvalue weighted by atomic mass is 10.2. The summed E-state index contributed by atoms with van der Waals surface area (Å²) in [6, 6.07) is 10.6. The second-order valence-corrected chi connectivity index (χ2v) is 3.86. The Morgan fingerprint density at radius 1 is 1.31 bits per heavy atom. The Bertz CT molecular complexity index is 484. The summed E-state index contributed by atoms with van der Waals surface area (Å²) in [5.74, 6) is 0. The molecule has 0 radical (unpaired) electrons. The minimum atomic E-state index is -4.00. The quantitative estimate of drug-likeness (QED) is 0.632. The predicted molar refractivity (Wildman–Crippen MR) is 62.8 cm³/mol.